The number of amides is 1. The number of carbonyl (C=O) groups excluding carboxylic acids is 2. The van der Waals surface area contributed by atoms with Gasteiger partial charge in [0.1, 0.15) is 0 Å². The Morgan fingerprint density at radius 1 is 1.04 bits per heavy atom. The molecule has 2 unspecified atom stereocenters. The Labute approximate surface area is 150 Å². The number of carbonyl (C=O) groups is 2. The summed E-state index contributed by atoms with van der Waals surface area (Å²) >= 11 is 0. The van der Waals surface area contributed by atoms with Crippen molar-refractivity contribution in [2.75, 3.05) is 13.1 Å². The van der Waals surface area contributed by atoms with E-state index in [-0.39, 0.29) is 11.9 Å². The first-order chi connectivity index (χ1) is 11.9. The maximum atomic E-state index is 13.0. The molecule has 4 bridgehead atoms. The highest BCUT2D eigenvalue weighted by Crippen LogP contribution is 2.62. The molecule has 1 heterocycles. The first-order valence-electron chi connectivity index (χ1n) is 10.1. The molecule has 5 nitrogen and oxygen atoms in total. The molecule has 1 amide bonds. The average Bonchev–Trinajstić information content (AvgIpc) is 2.80. The number of esters is 1. The van der Waals surface area contributed by atoms with Crippen molar-refractivity contribution in [1.29, 1.82) is 0 Å². The van der Waals surface area contributed by atoms with Crippen LogP contribution in [0.15, 0.2) is 0 Å². The maximum absolute atomic E-state index is 13.0. The van der Waals surface area contributed by atoms with Crippen molar-refractivity contribution in [3.63, 3.8) is 0 Å². The van der Waals surface area contributed by atoms with Gasteiger partial charge in [-0.05, 0) is 70.1 Å². The minimum atomic E-state index is -0.715. The van der Waals surface area contributed by atoms with Crippen LogP contribution in [0.1, 0.15) is 71.1 Å². The van der Waals surface area contributed by atoms with Crippen LogP contribution in [0.2, 0.25) is 0 Å². The van der Waals surface area contributed by atoms with Gasteiger partial charge in [-0.25, -0.2) is 0 Å². The first-order valence-corrected chi connectivity index (χ1v) is 10.1. The Bertz CT molecular complexity index is 538. The second-order valence-corrected chi connectivity index (χ2v) is 9.25. The number of hydrogen-bond acceptors (Lipinski definition) is 4. The SMILES string of the molecule is C[C@H](OC(=O)C12C[C@@H]3C[C@@H](CC(O)(C3)C1)C2)C(=O)N1CCCCCC1. The minimum Gasteiger partial charge on any atom is -0.452 e. The summed E-state index contributed by atoms with van der Waals surface area (Å²) in [6, 6.07) is 0. The molecule has 0 spiro atoms. The lowest BCUT2D eigenvalue weighted by atomic mass is 9.48. The van der Waals surface area contributed by atoms with Gasteiger partial charge in [-0.3, -0.25) is 9.59 Å². The lowest BCUT2D eigenvalue weighted by Crippen LogP contribution is -2.59. The van der Waals surface area contributed by atoms with E-state index < -0.39 is 17.1 Å². The molecule has 0 radical (unpaired) electrons. The van der Waals surface area contributed by atoms with E-state index in [2.05, 4.69) is 0 Å². The molecule has 0 aromatic heterocycles. The maximum Gasteiger partial charge on any atom is 0.312 e. The van der Waals surface area contributed by atoms with E-state index in [1.165, 1.54) is 12.8 Å². The third kappa shape index (κ3) is 3.20. The molecule has 4 saturated carbocycles. The highest BCUT2D eigenvalue weighted by Gasteiger charge is 2.61. The molecule has 25 heavy (non-hydrogen) atoms. The first kappa shape index (κ1) is 17.3. The van der Waals surface area contributed by atoms with Gasteiger partial charge in [0.05, 0.1) is 11.0 Å². The molecular formula is C20H31NO4. The van der Waals surface area contributed by atoms with E-state index in [9.17, 15) is 14.7 Å². The van der Waals surface area contributed by atoms with Gasteiger partial charge >= 0.3 is 5.97 Å². The van der Waals surface area contributed by atoms with Crippen LogP contribution in [0, 0.1) is 17.3 Å². The van der Waals surface area contributed by atoms with E-state index in [4.69, 9.17) is 4.74 Å². The van der Waals surface area contributed by atoms with Crippen LogP contribution in [-0.2, 0) is 14.3 Å². The standard InChI is InChI=1S/C20H31NO4/c1-14(17(22)21-6-4-2-3-5-7-21)25-18(23)19-9-15-8-16(10-19)12-20(24,11-15)13-19/h14-16,24H,2-13H2,1H3/t14-,15-,16+,19?,20?/m0/s1. The highest BCUT2D eigenvalue weighted by molar-refractivity contribution is 5.85. The molecule has 5 heteroatoms. The van der Waals surface area contributed by atoms with Crippen molar-refractivity contribution >= 4 is 11.9 Å². The molecule has 140 valence electrons. The van der Waals surface area contributed by atoms with Crippen molar-refractivity contribution < 1.29 is 19.4 Å². The van der Waals surface area contributed by atoms with Crippen molar-refractivity contribution in [3.8, 4) is 0 Å². The smallest absolute Gasteiger partial charge is 0.312 e. The number of likely N-dealkylation sites (tertiary alicyclic amines) is 1. The fraction of sp³-hybridized carbons (Fsp3) is 0.900. The van der Waals surface area contributed by atoms with Gasteiger partial charge in [0.15, 0.2) is 6.10 Å². The molecule has 1 aliphatic heterocycles. The average molecular weight is 349 g/mol. The van der Waals surface area contributed by atoms with Gasteiger partial charge in [0.2, 0.25) is 0 Å². The Hall–Kier alpha value is -1.10. The Morgan fingerprint density at radius 3 is 2.20 bits per heavy atom. The second-order valence-electron chi connectivity index (χ2n) is 9.25. The molecule has 4 aliphatic carbocycles. The Balaban J connectivity index is 1.42. The van der Waals surface area contributed by atoms with Crippen molar-refractivity contribution in [1.82, 2.24) is 4.90 Å². The summed E-state index contributed by atoms with van der Waals surface area (Å²) < 4.78 is 5.69. The summed E-state index contributed by atoms with van der Waals surface area (Å²) in [7, 11) is 0. The number of hydrogen-bond donors (Lipinski definition) is 1. The van der Waals surface area contributed by atoms with Crippen LogP contribution in [0.25, 0.3) is 0 Å². The van der Waals surface area contributed by atoms with Crippen LogP contribution >= 0.6 is 0 Å². The molecule has 5 aliphatic rings. The normalized spacial score (nSPS) is 41.3. The Kier molecular flexibility index (Phi) is 4.33. The molecule has 1 N–H and O–H groups in total. The second kappa shape index (κ2) is 6.26. The van der Waals surface area contributed by atoms with Crippen molar-refractivity contribution in [2.24, 2.45) is 17.3 Å². The predicted octanol–water partition coefficient (Wildman–Crippen LogP) is 2.65. The minimum absolute atomic E-state index is 0.0568. The van der Waals surface area contributed by atoms with Gasteiger partial charge in [0.25, 0.3) is 5.91 Å². The van der Waals surface area contributed by atoms with Gasteiger partial charge < -0.3 is 14.7 Å². The molecule has 0 aromatic rings. The van der Waals surface area contributed by atoms with Crippen molar-refractivity contribution in [2.45, 2.75) is 82.8 Å². The molecule has 1 saturated heterocycles. The van der Waals surface area contributed by atoms with E-state index in [1.807, 2.05) is 4.90 Å². The Morgan fingerprint density at radius 2 is 1.64 bits per heavy atom. The molecule has 0 aromatic carbocycles. The van der Waals surface area contributed by atoms with E-state index in [0.29, 0.717) is 18.3 Å². The third-order valence-corrected chi connectivity index (χ3v) is 7.01. The highest BCUT2D eigenvalue weighted by atomic mass is 16.5. The third-order valence-electron chi connectivity index (χ3n) is 7.01. The zero-order valence-corrected chi connectivity index (χ0v) is 15.3. The van der Waals surface area contributed by atoms with Gasteiger partial charge in [-0.2, -0.15) is 0 Å². The van der Waals surface area contributed by atoms with Gasteiger partial charge in [-0.1, -0.05) is 12.8 Å². The molecule has 5 rings (SSSR count). The van der Waals surface area contributed by atoms with Gasteiger partial charge in [-0.15, -0.1) is 0 Å². The zero-order valence-electron chi connectivity index (χ0n) is 15.3. The summed E-state index contributed by atoms with van der Waals surface area (Å²) in [6.07, 6.45) is 8.68. The van der Waals surface area contributed by atoms with Crippen LogP contribution in [0.5, 0.6) is 0 Å². The lowest BCUT2D eigenvalue weighted by molar-refractivity contribution is -0.200. The van der Waals surface area contributed by atoms with Crippen LogP contribution in [0.4, 0.5) is 0 Å². The quantitative estimate of drug-likeness (QED) is 0.796. The summed E-state index contributed by atoms with van der Waals surface area (Å²) in [4.78, 5) is 27.5. The summed E-state index contributed by atoms with van der Waals surface area (Å²) in [5, 5.41) is 10.8. The van der Waals surface area contributed by atoms with Crippen LogP contribution in [-0.4, -0.2) is 46.7 Å². The molecular weight excluding hydrogens is 318 g/mol. The van der Waals surface area contributed by atoms with E-state index in [1.54, 1.807) is 6.92 Å². The summed E-state index contributed by atoms with van der Waals surface area (Å²) in [5.41, 5.74) is -1.23. The van der Waals surface area contributed by atoms with Crippen LogP contribution < -0.4 is 0 Å². The fourth-order valence-corrected chi connectivity index (χ4v) is 6.34. The number of nitrogens with zero attached hydrogens (tertiary/aromatic N) is 1. The molecule has 5 fully saturated rings. The van der Waals surface area contributed by atoms with Crippen LogP contribution in [0.3, 0.4) is 0 Å². The van der Waals surface area contributed by atoms with Crippen molar-refractivity contribution in [3.05, 3.63) is 0 Å². The van der Waals surface area contributed by atoms with E-state index >= 15 is 0 Å². The van der Waals surface area contributed by atoms with E-state index in [0.717, 1.165) is 58.0 Å². The number of aliphatic hydroxyl groups is 1. The van der Waals surface area contributed by atoms with Gasteiger partial charge in [0, 0.05) is 13.1 Å². The monoisotopic (exact) mass is 349 g/mol. The lowest BCUT2D eigenvalue weighted by Gasteiger charge is -2.58. The molecule has 5 atom stereocenters. The fourth-order valence-electron chi connectivity index (χ4n) is 6.34. The number of ether oxygens (including phenoxy) is 1. The zero-order chi connectivity index (χ0) is 17.7. The predicted molar refractivity (Wildman–Crippen MR) is 92.7 cm³/mol. The summed E-state index contributed by atoms with van der Waals surface area (Å²) in [5.74, 6) is 0.584. The largest absolute Gasteiger partial charge is 0.452 e. The topological polar surface area (TPSA) is 66.8 Å². The summed E-state index contributed by atoms with van der Waals surface area (Å²) in [6.45, 7) is 3.26. The number of rotatable bonds is 3.